The number of benzene rings is 1. The molecule has 0 unspecified atom stereocenters. The van der Waals surface area contributed by atoms with Gasteiger partial charge in [-0.05, 0) is 45.8 Å². The van der Waals surface area contributed by atoms with Crippen molar-refractivity contribution in [2.75, 3.05) is 26.2 Å². The molecule has 1 aliphatic rings. The Labute approximate surface area is 138 Å². The number of nitrogens with one attached hydrogen (secondary N) is 1. The molecular weight excluding hydrogens is 286 g/mol. The molecule has 3 rings (SSSR count). The predicted molar refractivity (Wildman–Crippen MR) is 95.5 cm³/mol. The lowest BCUT2D eigenvalue weighted by Crippen LogP contribution is -2.42. The smallest absolute Gasteiger partial charge is 0.0841 e. The minimum absolute atomic E-state index is 0.381. The number of para-hydroxylation sites is 1. The largest absolute Gasteiger partial charge is 0.328 e. The molecule has 5 nitrogen and oxygen atoms in total. The van der Waals surface area contributed by atoms with Gasteiger partial charge < -0.3 is 16.0 Å². The lowest BCUT2D eigenvalue weighted by Gasteiger charge is -2.29. The zero-order chi connectivity index (χ0) is 16.2. The molecular formula is C18H29N5. The van der Waals surface area contributed by atoms with Gasteiger partial charge >= 0.3 is 0 Å². The molecule has 3 N–H and O–H groups in total. The van der Waals surface area contributed by atoms with Gasteiger partial charge in [-0.2, -0.15) is 5.10 Å². The fourth-order valence-electron chi connectivity index (χ4n) is 3.30. The number of likely N-dealkylation sites (tertiary alicyclic amines) is 1. The van der Waals surface area contributed by atoms with Crippen LogP contribution in [-0.2, 0) is 6.54 Å². The van der Waals surface area contributed by atoms with Gasteiger partial charge in [0, 0.05) is 37.1 Å². The molecule has 0 amide bonds. The van der Waals surface area contributed by atoms with Crippen molar-refractivity contribution < 1.29 is 0 Å². The average Bonchev–Trinajstić information content (AvgIpc) is 2.92. The maximum atomic E-state index is 5.95. The van der Waals surface area contributed by atoms with E-state index in [4.69, 9.17) is 10.8 Å². The summed E-state index contributed by atoms with van der Waals surface area (Å²) < 4.78 is 2.12. The number of nitrogens with two attached hydrogens (primary N) is 1. The molecule has 1 aliphatic heterocycles. The third-order valence-corrected chi connectivity index (χ3v) is 4.71. The van der Waals surface area contributed by atoms with E-state index in [-0.39, 0.29) is 0 Å². The Morgan fingerprint density at radius 1 is 1.26 bits per heavy atom. The summed E-state index contributed by atoms with van der Waals surface area (Å²) in [6, 6.07) is 9.29. The molecule has 0 atom stereocenters. The Kier molecular flexibility index (Phi) is 5.30. The van der Waals surface area contributed by atoms with Crippen LogP contribution in [0.4, 0.5) is 0 Å². The first-order valence-electron chi connectivity index (χ1n) is 8.80. The molecule has 1 aromatic heterocycles. The van der Waals surface area contributed by atoms with Crippen molar-refractivity contribution in [2.45, 2.75) is 45.3 Å². The highest BCUT2D eigenvalue weighted by Crippen LogP contribution is 2.21. The zero-order valence-electron chi connectivity index (χ0n) is 14.3. The second-order valence-corrected chi connectivity index (χ2v) is 6.86. The number of hydrogen-bond acceptors (Lipinski definition) is 4. The fraction of sp³-hybridized carbons (Fsp3) is 0.611. The molecule has 23 heavy (non-hydrogen) atoms. The lowest BCUT2D eigenvalue weighted by atomic mass is 10.1. The Morgan fingerprint density at radius 2 is 2.00 bits per heavy atom. The fourth-order valence-corrected chi connectivity index (χ4v) is 3.30. The average molecular weight is 315 g/mol. The maximum Gasteiger partial charge on any atom is 0.0841 e. The van der Waals surface area contributed by atoms with Crippen molar-refractivity contribution in [2.24, 2.45) is 5.73 Å². The second kappa shape index (κ2) is 7.43. The number of hydrogen-bond donors (Lipinski definition) is 2. The van der Waals surface area contributed by atoms with E-state index in [0.29, 0.717) is 12.1 Å². The Hall–Kier alpha value is -1.43. The van der Waals surface area contributed by atoms with Crippen LogP contribution in [0.2, 0.25) is 0 Å². The normalized spacial score (nSPS) is 17.4. The van der Waals surface area contributed by atoms with Crippen LogP contribution in [0.15, 0.2) is 24.3 Å². The molecule has 0 aliphatic carbocycles. The minimum atomic E-state index is 0.381. The maximum absolute atomic E-state index is 5.95. The Balaban J connectivity index is 1.55. The Bertz CT molecular complexity index is 625. The summed E-state index contributed by atoms with van der Waals surface area (Å²) in [5.41, 5.74) is 8.33. The summed E-state index contributed by atoms with van der Waals surface area (Å²) in [5.74, 6) is 0. The standard InChI is InChI=1S/C18H29N5/c1-14(2)23-18-6-4-3-5-16(18)17(21-23)13-20-9-12-22-10-7-15(19)8-11-22/h3-6,14-15,20H,7-13,19H2,1-2H3. The van der Waals surface area contributed by atoms with Crippen molar-refractivity contribution in [1.82, 2.24) is 20.0 Å². The van der Waals surface area contributed by atoms with Crippen molar-refractivity contribution in [3.8, 4) is 0 Å². The molecule has 0 spiro atoms. The van der Waals surface area contributed by atoms with Crippen LogP contribution in [0.1, 0.15) is 38.4 Å². The number of nitrogens with zero attached hydrogens (tertiary/aromatic N) is 3. The van der Waals surface area contributed by atoms with Crippen LogP contribution < -0.4 is 11.1 Å². The van der Waals surface area contributed by atoms with E-state index >= 15 is 0 Å². The number of fused-ring (bicyclic) bond motifs is 1. The SMILES string of the molecule is CC(C)n1nc(CNCCN2CCC(N)CC2)c2ccccc21. The third-order valence-electron chi connectivity index (χ3n) is 4.71. The van der Waals surface area contributed by atoms with Gasteiger partial charge in [-0.25, -0.2) is 0 Å². The molecule has 0 radical (unpaired) electrons. The first-order valence-corrected chi connectivity index (χ1v) is 8.80. The van der Waals surface area contributed by atoms with Gasteiger partial charge in [0.15, 0.2) is 0 Å². The Morgan fingerprint density at radius 3 is 2.74 bits per heavy atom. The molecule has 126 valence electrons. The van der Waals surface area contributed by atoms with Gasteiger partial charge in [0.05, 0.1) is 11.2 Å². The topological polar surface area (TPSA) is 59.1 Å². The van der Waals surface area contributed by atoms with Crippen molar-refractivity contribution in [1.29, 1.82) is 0 Å². The summed E-state index contributed by atoms with van der Waals surface area (Å²) in [4.78, 5) is 2.50. The van der Waals surface area contributed by atoms with E-state index in [1.807, 2.05) is 0 Å². The van der Waals surface area contributed by atoms with Gasteiger partial charge in [0.2, 0.25) is 0 Å². The molecule has 2 heterocycles. The van der Waals surface area contributed by atoms with E-state index < -0.39 is 0 Å². The third kappa shape index (κ3) is 3.91. The summed E-state index contributed by atoms with van der Waals surface area (Å²) in [6.45, 7) is 9.54. The zero-order valence-corrected chi connectivity index (χ0v) is 14.3. The van der Waals surface area contributed by atoms with Gasteiger partial charge in [0.1, 0.15) is 0 Å². The van der Waals surface area contributed by atoms with Crippen LogP contribution >= 0.6 is 0 Å². The molecule has 0 saturated carbocycles. The highest BCUT2D eigenvalue weighted by atomic mass is 15.3. The van der Waals surface area contributed by atoms with Crippen LogP contribution in [-0.4, -0.2) is 46.9 Å². The van der Waals surface area contributed by atoms with Crippen molar-refractivity contribution >= 4 is 10.9 Å². The molecule has 5 heteroatoms. The first-order chi connectivity index (χ1) is 11.1. The number of aromatic nitrogens is 2. The van der Waals surface area contributed by atoms with Crippen LogP contribution in [0.3, 0.4) is 0 Å². The minimum Gasteiger partial charge on any atom is -0.328 e. The van der Waals surface area contributed by atoms with Gasteiger partial charge in [-0.1, -0.05) is 18.2 Å². The molecule has 1 fully saturated rings. The number of piperidine rings is 1. The summed E-state index contributed by atoms with van der Waals surface area (Å²) in [6.07, 6.45) is 2.26. The molecule has 1 saturated heterocycles. The van der Waals surface area contributed by atoms with Crippen molar-refractivity contribution in [3.63, 3.8) is 0 Å². The molecule has 2 aromatic rings. The molecule has 1 aromatic carbocycles. The van der Waals surface area contributed by atoms with E-state index in [0.717, 1.165) is 51.3 Å². The van der Waals surface area contributed by atoms with E-state index in [2.05, 4.69) is 53.0 Å². The monoisotopic (exact) mass is 315 g/mol. The van der Waals surface area contributed by atoms with E-state index in [9.17, 15) is 0 Å². The van der Waals surface area contributed by atoms with Crippen molar-refractivity contribution in [3.05, 3.63) is 30.0 Å². The van der Waals surface area contributed by atoms with E-state index in [1.54, 1.807) is 0 Å². The molecule has 0 bridgehead atoms. The predicted octanol–water partition coefficient (Wildman–Crippen LogP) is 2.13. The quantitative estimate of drug-likeness (QED) is 0.802. The second-order valence-electron chi connectivity index (χ2n) is 6.86. The first kappa shape index (κ1) is 16.4. The summed E-state index contributed by atoms with van der Waals surface area (Å²) in [5, 5.41) is 9.62. The van der Waals surface area contributed by atoms with Gasteiger partial charge in [-0.3, -0.25) is 4.68 Å². The van der Waals surface area contributed by atoms with E-state index in [1.165, 1.54) is 10.9 Å². The lowest BCUT2D eigenvalue weighted by molar-refractivity contribution is 0.213. The number of rotatable bonds is 6. The van der Waals surface area contributed by atoms with Crippen LogP contribution in [0.5, 0.6) is 0 Å². The summed E-state index contributed by atoms with van der Waals surface area (Å²) >= 11 is 0. The highest BCUT2D eigenvalue weighted by Gasteiger charge is 2.15. The van der Waals surface area contributed by atoms with Gasteiger partial charge in [0.25, 0.3) is 0 Å². The van der Waals surface area contributed by atoms with Crippen LogP contribution in [0.25, 0.3) is 10.9 Å². The highest BCUT2D eigenvalue weighted by molar-refractivity contribution is 5.82. The van der Waals surface area contributed by atoms with Crippen LogP contribution in [0, 0.1) is 0 Å². The summed E-state index contributed by atoms with van der Waals surface area (Å²) in [7, 11) is 0. The van der Waals surface area contributed by atoms with Gasteiger partial charge in [-0.15, -0.1) is 0 Å².